The van der Waals surface area contributed by atoms with Crippen LogP contribution in [0.1, 0.15) is 67.2 Å². The van der Waals surface area contributed by atoms with Gasteiger partial charge in [0.1, 0.15) is 0 Å². The minimum Gasteiger partial charge on any atom is -0.355 e. The molecule has 0 spiro atoms. The Morgan fingerprint density at radius 2 is 1.93 bits per heavy atom. The van der Waals surface area contributed by atoms with Crippen molar-refractivity contribution in [2.75, 3.05) is 6.54 Å². The van der Waals surface area contributed by atoms with Crippen molar-refractivity contribution >= 4 is 11.8 Å². The van der Waals surface area contributed by atoms with E-state index in [0.717, 1.165) is 37.1 Å². The molecule has 29 heavy (non-hydrogen) atoms. The molecule has 2 atom stereocenters. The van der Waals surface area contributed by atoms with Crippen molar-refractivity contribution in [1.29, 1.82) is 0 Å². The number of nitrogens with one attached hydrogen (secondary N) is 2. The molecule has 2 heterocycles. The molecular formula is C23H32N4O2. The summed E-state index contributed by atoms with van der Waals surface area (Å²) in [6.07, 6.45) is 4.35. The second-order valence-corrected chi connectivity index (χ2v) is 8.28. The summed E-state index contributed by atoms with van der Waals surface area (Å²) in [6, 6.07) is 8.35. The maximum Gasteiger partial charge on any atom is 0.254 e. The summed E-state index contributed by atoms with van der Waals surface area (Å²) in [7, 11) is 0. The molecule has 2 N–H and O–H groups in total. The summed E-state index contributed by atoms with van der Waals surface area (Å²) in [5.74, 6) is 0.104. The summed E-state index contributed by atoms with van der Waals surface area (Å²) in [5.41, 5.74) is 3.93. The molecule has 1 aromatic heterocycles. The van der Waals surface area contributed by atoms with E-state index in [0.29, 0.717) is 18.0 Å². The van der Waals surface area contributed by atoms with Crippen LogP contribution in [0.5, 0.6) is 0 Å². The fourth-order valence-electron chi connectivity index (χ4n) is 3.79. The first-order valence-corrected chi connectivity index (χ1v) is 10.6. The SMILES string of the molecule is CCc1ccc(C(C)C(=O)NCC2CCn3ncc(C(=O)NC(C)C)c3C2)cc1. The van der Waals surface area contributed by atoms with Crippen LogP contribution in [0.15, 0.2) is 30.5 Å². The van der Waals surface area contributed by atoms with E-state index < -0.39 is 0 Å². The largest absolute Gasteiger partial charge is 0.355 e. The second-order valence-electron chi connectivity index (χ2n) is 8.28. The number of fused-ring (bicyclic) bond motifs is 1. The lowest BCUT2D eigenvalue weighted by Crippen LogP contribution is -2.36. The molecule has 0 aliphatic carbocycles. The maximum absolute atomic E-state index is 12.6. The topological polar surface area (TPSA) is 76.0 Å². The van der Waals surface area contributed by atoms with Crippen molar-refractivity contribution in [1.82, 2.24) is 20.4 Å². The summed E-state index contributed by atoms with van der Waals surface area (Å²) in [6.45, 7) is 9.36. The second kappa shape index (κ2) is 9.25. The number of amides is 2. The average Bonchev–Trinajstić information content (AvgIpc) is 3.14. The van der Waals surface area contributed by atoms with Gasteiger partial charge in [-0.25, -0.2) is 0 Å². The predicted octanol–water partition coefficient (Wildman–Crippen LogP) is 3.07. The Balaban J connectivity index is 1.57. The third-order valence-corrected chi connectivity index (χ3v) is 5.69. The van der Waals surface area contributed by atoms with E-state index in [1.54, 1.807) is 6.20 Å². The van der Waals surface area contributed by atoms with Crippen molar-refractivity contribution in [3.63, 3.8) is 0 Å². The zero-order chi connectivity index (χ0) is 21.0. The highest BCUT2D eigenvalue weighted by Crippen LogP contribution is 2.23. The molecule has 2 aromatic rings. The number of carbonyl (C=O) groups excluding carboxylic acids is 2. The summed E-state index contributed by atoms with van der Waals surface area (Å²) < 4.78 is 1.92. The minimum atomic E-state index is -0.178. The van der Waals surface area contributed by atoms with Crippen molar-refractivity contribution in [2.45, 2.75) is 65.5 Å². The van der Waals surface area contributed by atoms with E-state index >= 15 is 0 Å². The van der Waals surface area contributed by atoms with E-state index in [1.807, 2.05) is 37.6 Å². The van der Waals surface area contributed by atoms with Gasteiger partial charge in [-0.05, 0) is 57.1 Å². The molecule has 2 amide bonds. The number of nitrogens with zero attached hydrogens (tertiary/aromatic N) is 2. The van der Waals surface area contributed by atoms with Gasteiger partial charge in [0.2, 0.25) is 5.91 Å². The van der Waals surface area contributed by atoms with E-state index in [4.69, 9.17) is 0 Å². The number of benzene rings is 1. The van der Waals surface area contributed by atoms with Crippen molar-refractivity contribution in [3.8, 4) is 0 Å². The van der Waals surface area contributed by atoms with Crippen LogP contribution in [-0.4, -0.2) is 34.2 Å². The predicted molar refractivity (Wildman–Crippen MR) is 114 cm³/mol. The van der Waals surface area contributed by atoms with Gasteiger partial charge in [0.25, 0.3) is 5.91 Å². The monoisotopic (exact) mass is 396 g/mol. The van der Waals surface area contributed by atoms with Gasteiger partial charge < -0.3 is 10.6 Å². The van der Waals surface area contributed by atoms with E-state index in [-0.39, 0.29) is 23.8 Å². The molecule has 0 fully saturated rings. The van der Waals surface area contributed by atoms with Crippen molar-refractivity contribution < 1.29 is 9.59 Å². The van der Waals surface area contributed by atoms with E-state index in [2.05, 4.69) is 34.8 Å². The maximum atomic E-state index is 12.6. The van der Waals surface area contributed by atoms with Crippen LogP contribution < -0.4 is 10.6 Å². The molecule has 1 aliphatic rings. The molecule has 0 radical (unpaired) electrons. The zero-order valence-electron chi connectivity index (χ0n) is 17.9. The number of hydrogen-bond donors (Lipinski definition) is 2. The quantitative estimate of drug-likeness (QED) is 0.755. The van der Waals surface area contributed by atoms with Crippen molar-refractivity contribution in [2.24, 2.45) is 5.92 Å². The van der Waals surface area contributed by atoms with Crippen LogP contribution in [-0.2, 0) is 24.2 Å². The molecule has 6 nitrogen and oxygen atoms in total. The van der Waals surface area contributed by atoms with Crippen molar-refractivity contribution in [3.05, 3.63) is 52.8 Å². The highest BCUT2D eigenvalue weighted by atomic mass is 16.2. The molecule has 0 saturated carbocycles. The zero-order valence-corrected chi connectivity index (χ0v) is 17.9. The third-order valence-electron chi connectivity index (χ3n) is 5.69. The summed E-state index contributed by atoms with van der Waals surface area (Å²) in [5, 5.41) is 10.4. The number of carbonyl (C=O) groups is 2. The molecule has 2 unspecified atom stereocenters. The van der Waals surface area contributed by atoms with Gasteiger partial charge in [-0.15, -0.1) is 0 Å². The molecule has 3 rings (SSSR count). The van der Waals surface area contributed by atoms with Crippen LogP contribution in [0.25, 0.3) is 0 Å². The summed E-state index contributed by atoms with van der Waals surface area (Å²) in [4.78, 5) is 25.1. The number of rotatable bonds is 7. The Hall–Kier alpha value is -2.63. The first-order valence-electron chi connectivity index (χ1n) is 10.6. The summed E-state index contributed by atoms with van der Waals surface area (Å²) >= 11 is 0. The lowest BCUT2D eigenvalue weighted by molar-refractivity contribution is -0.122. The first kappa shape index (κ1) is 21.1. The van der Waals surface area contributed by atoms with Crippen LogP contribution in [0.2, 0.25) is 0 Å². The lowest BCUT2D eigenvalue weighted by atomic mass is 9.93. The number of aryl methyl sites for hydroxylation is 2. The molecule has 156 valence electrons. The van der Waals surface area contributed by atoms with Crippen LogP contribution in [0, 0.1) is 5.92 Å². The molecule has 1 aliphatic heterocycles. The fraction of sp³-hybridized carbons (Fsp3) is 0.522. The normalized spacial score (nSPS) is 16.9. The molecule has 6 heteroatoms. The molecule has 0 bridgehead atoms. The Morgan fingerprint density at radius 3 is 2.59 bits per heavy atom. The van der Waals surface area contributed by atoms with Crippen LogP contribution in [0.3, 0.4) is 0 Å². The molecule has 0 saturated heterocycles. The van der Waals surface area contributed by atoms with E-state index in [1.165, 1.54) is 5.56 Å². The van der Waals surface area contributed by atoms with Gasteiger partial charge in [0.15, 0.2) is 0 Å². The number of aromatic nitrogens is 2. The van der Waals surface area contributed by atoms with Gasteiger partial charge >= 0.3 is 0 Å². The minimum absolute atomic E-state index is 0.0473. The van der Waals surface area contributed by atoms with Gasteiger partial charge in [-0.2, -0.15) is 5.10 Å². The standard InChI is InChI=1S/C23H32N4O2/c1-5-17-6-8-19(9-7-17)16(4)22(28)24-13-18-10-11-27-21(12-18)20(14-25-27)23(29)26-15(2)3/h6-9,14-16,18H,5,10-13H2,1-4H3,(H,24,28)(H,26,29). The van der Waals surface area contributed by atoms with E-state index in [9.17, 15) is 9.59 Å². The third kappa shape index (κ3) is 5.05. The Kier molecular flexibility index (Phi) is 6.72. The Bertz CT molecular complexity index is 854. The fourth-order valence-corrected chi connectivity index (χ4v) is 3.79. The smallest absolute Gasteiger partial charge is 0.254 e. The average molecular weight is 397 g/mol. The molecular weight excluding hydrogens is 364 g/mol. The van der Waals surface area contributed by atoms with Crippen LogP contribution in [0.4, 0.5) is 0 Å². The lowest BCUT2D eigenvalue weighted by Gasteiger charge is -2.25. The van der Waals surface area contributed by atoms with Gasteiger partial charge in [-0.1, -0.05) is 31.2 Å². The molecule has 1 aromatic carbocycles. The van der Waals surface area contributed by atoms with Gasteiger partial charge in [0.05, 0.1) is 23.4 Å². The first-order chi connectivity index (χ1) is 13.9. The van der Waals surface area contributed by atoms with Gasteiger partial charge in [0, 0.05) is 19.1 Å². The Labute approximate surface area is 173 Å². The number of hydrogen-bond acceptors (Lipinski definition) is 3. The van der Waals surface area contributed by atoms with Crippen LogP contribution >= 0.6 is 0 Å². The highest BCUT2D eigenvalue weighted by Gasteiger charge is 2.26. The highest BCUT2D eigenvalue weighted by molar-refractivity contribution is 5.95. The Morgan fingerprint density at radius 1 is 1.21 bits per heavy atom. The van der Waals surface area contributed by atoms with Gasteiger partial charge in [-0.3, -0.25) is 14.3 Å².